The van der Waals surface area contributed by atoms with E-state index in [9.17, 15) is 4.39 Å². The van der Waals surface area contributed by atoms with Crippen molar-refractivity contribution in [2.75, 3.05) is 0 Å². The molecule has 0 fully saturated rings. The van der Waals surface area contributed by atoms with Crippen LogP contribution in [0.1, 0.15) is 18.2 Å². The second-order valence-corrected chi connectivity index (χ2v) is 5.96. The highest BCUT2D eigenvalue weighted by atomic mass is 32.1. The number of aromatic nitrogens is 2. The number of ether oxygens (including phenoxy) is 1. The van der Waals surface area contributed by atoms with Crippen LogP contribution < -0.4 is 10.5 Å². The molecule has 1 aromatic carbocycles. The largest absolute Gasteiger partial charge is 0.434 e. The van der Waals surface area contributed by atoms with Gasteiger partial charge in [-0.3, -0.25) is 4.40 Å². The Hall–Kier alpha value is -1.92. The van der Waals surface area contributed by atoms with Crippen molar-refractivity contribution >= 4 is 16.3 Å². The zero-order valence-corrected chi connectivity index (χ0v) is 12.7. The van der Waals surface area contributed by atoms with Crippen molar-refractivity contribution in [2.24, 2.45) is 5.73 Å². The molecule has 0 aliphatic carbocycles. The monoisotopic (exact) mass is 305 g/mol. The summed E-state index contributed by atoms with van der Waals surface area (Å²) in [6, 6.07) is 5.04. The van der Waals surface area contributed by atoms with Gasteiger partial charge in [-0.25, -0.2) is 4.39 Å². The highest BCUT2D eigenvalue weighted by Gasteiger charge is 2.18. The molecule has 1 atom stereocenters. The molecule has 6 heteroatoms. The van der Waals surface area contributed by atoms with Crippen LogP contribution in [0.2, 0.25) is 0 Å². The minimum atomic E-state index is -0.361. The third kappa shape index (κ3) is 2.64. The molecule has 2 heterocycles. The molecule has 21 heavy (non-hydrogen) atoms. The zero-order chi connectivity index (χ0) is 15.0. The first-order valence-electron chi connectivity index (χ1n) is 6.69. The number of benzene rings is 1. The van der Waals surface area contributed by atoms with E-state index in [4.69, 9.17) is 10.5 Å². The summed E-state index contributed by atoms with van der Waals surface area (Å²) < 4.78 is 21.7. The van der Waals surface area contributed by atoms with E-state index in [0.29, 0.717) is 17.9 Å². The third-order valence-electron chi connectivity index (χ3n) is 3.20. The lowest BCUT2D eigenvalue weighted by molar-refractivity contribution is 0.421. The maximum atomic E-state index is 14.1. The van der Waals surface area contributed by atoms with E-state index >= 15 is 0 Å². The molecule has 0 aliphatic heterocycles. The van der Waals surface area contributed by atoms with Gasteiger partial charge in [-0.15, -0.1) is 11.3 Å². The number of halogens is 1. The fourth-order valence-corrected chi connectivity index (χ4v) is 2.91. The van der Waals surface area contributed by atoms with Crippen molar-refractivity contribution in [1.29, 1.82) is 0 Å². The molecule has 110 valence electrons. The molecular weight excluding hydrogens is 289 g/mol. The number of hydrogen-bond donors (Lipinski definition) is 1. The van der Waals surface area contributed by atoms with E-state index < -0.39 is 0 Å². The number of rotatable bonds is 4. The van der Waals surface area contributed by atoms with Crippen molar-refractivity contribution in [3.05, 3.63) is 46.9 Å². The molecule has 0 bridgehead atoms. The van der Waals surface area contributed by atoms with Gasteiger partial charge in [0, 0.05) is 24.0 Å². The summed E-state index contributed by atoms with van der Waals surface area (Å²) in [5.41, 5.74) is 7.30. The van der Waals surface area contributed by atoms with Crippen LogP contribution in [0.3, 0.4) is 0 Å². The van der Waals surface area contributed by atoms with Crippen LogP contribution in [0.25, 0.3) is 4.96 Å². The Kier molecular flexibility index (Phi) is 3.65. The predicted molar refractivity (Wildman–Crippen MR) is 81.6 cm³/mol. The number of fused-ring (bicyclic) bond motifs is 1. The summed E-state index contributed by atoms with van der Waals surface area (Å²) in [7, 11) is 0. The number of hydrogen-bond acceptors (Lipinski definition) is 4. The highest BCUT2D eigenvalue weighted by Crippen LogP contribution is 2.30. The Morgan fingerprint density at radius 2 is 2.29 bits per heavy atom. The fraction of sp³-hybridized carbons (Fsp3) is 0.267. The molecule has 2 aromatic heterocycles. The summed E-state index contributed by atoms with van der Waals surface area (Å²) >= 11 is 1.50. The Labute approximate surface area is 126 Å². The summed E-state index contributed by atoms with van der Waals surface area (Å²) in [5.74, 6) is 0.246. The first kappa shape index (κ1) is 14.0. The summed E-state index contributed by atoms with van der Waals surface area (Å²) in [4.78, 5) is 5.24. The lowest BCUT2D eigenvalue weighted by Crippen LogP contribution is -2.19. The first-order valence-corrected chi connectivity index (χ1v) is 7.57. The maximum Gasteiger partial charge on any atom is 0.242 e. The molecule has 4 nitrogen and oxygen atoms in total. The van der Waals surface area contributed by atoms with Crippen LogP contribution in [0, 0.1) is 12.7 Å². The minimum absolute atomic E-state index is 0.0329. The molecule has 0 saturated heterocycles. The van der Waals surface area contributed by atoms with Gasteiger partial charge in [0.15, 0.2) is 16.5 Å². The van der Waals surface area contributed by atoms with Crippen LogP contribution >= 0.6 is 11.3 Å². The van der Waals surface area contributed by atoms with Crippen LogP contribution in [0.15, 0.2) is 29.8 Å². The first-order chi connectivity index (χ1) is 10.1. The third-order valence-corrected chi connectivity index (χ3v) is 3.96. The molecule has 0 spiro atoms. The topological polar surface area (TPSA) is 52.5 Å². The van der Waals surface area contributed by atoms with E-state index in [-0.39, 0.29) is 17.6 Å². The molecular formula is C15H16FN3OS. The van der Waals surface area contributed by atoms with Gasteiger partial charge < -0.3 is 10.5 Å². The van der Waals surface area contributed by atoms with E-state index in [2.05, 4.69) is 4.98 Å². The lowest BCUT2D eigenvalue weighted by Gasteiger charge is -2.09. The molecule has 3 aromatic rings. The van der Waals surface area contributed by atoms with E-state index in [0.717, 1.165) is 10.7 Å². The van der Waals surface area contributed by atoms with Gasteiger partial charge in [0.1, 0.15) is 0 Å². The van der Waals surface area contributed by atoms with Gasteiger partial charge in [-0.1, -0.05) is 12.1 Å². The number of thiazole rings is 1. The zero-order valence-electron chi connectivity index (χ0n) is 11.8. The van der Waals surface area contributed by atoms with Gasteiger partial charge in [-0.2, -0.15) is 4.98 Å². The molecule has 1 unspecified atom stereocenters. The average molecular weight is 305 g/mol. The molecule has 0 amide bonds. The number of nitrogens with zero attached hydrogens (tertiary/aromatic N) is 2. The average Bonchev–Trinajstić information content (AvgIpc) is 2.98. The number of aryl methyl sites for hydroxylation is 1. The van der Waals surface area contributed by atoms with E-state index in [1.165, 1.54) is 11.3 Å². The maximum absolute atomic E-state index is 14.1. The van der Waals surface area contributed by atoms with E-state index in [1.54, 1.807) is 25.1 Å². The standard InChI is InChI=1S/C15H16FN3OS/c1-9-4-3-5-12(13(9)16)20-14-11(8-10(2)17)19-6-7-21-15(19)18-14/h3-7,10H,8,17H2,1-2H3. The van der Waals surface area contributed by atoms with Crippen LogP contribution in [0.5, 0.6) is 11.6 Å². The van der Waals surface area contributed by atoms with Crippen LogP contribution in [-0.4, -0.2) is 15.4 Å². The van der Waals surface area contributed by atoms with Gasteiger partial charge in [0.05, 0.1) is 5.69 Å². The van der Waals surface area contributed by atoms with Crippen LogP contribution in [0.4, 0.5) is 4.39 Å². The quantitative estimate of drug-likeness (QED) is 0.802. The molecule has 0 radical (unpaired) electrons. The Balaban J connectivity index is 2.03. The minimum Gasteiger partial charge on any atom is -0.434 e. The summed E-state index contributed by atoms with van der Waals surface area (Å²) in [6.07, 6.45) is 2.53. The Morgan fingerprint density at radius 3 is 3.05 bits per heavy atom. The van der Waals surface area contributed by atoms with Crippen molar-refractivity contribution < 1.29 is 9.13 Å². The van der Waals surface area contributed by atoms with Gasteiger partial charge >= 0.3 is 0 Å². The second kappa shape index (κ2) is 5.46. The lowest BCUT2D eigenvalue weighted by atomic mass is 10.2. The van der Waals surface area contributed by atoms with Gasteiger partial charge in [0.25, 0.3) is 0 Å². The normalized spacial score (nSPS) is 12.8. The SMILES string of the molecule is Cc1cccc(Oc2nc3sccn3c2CC(C)N)c1F. The fourth-order valence-electron chi connectivity index (χ4n) is 2.19. The van der Waals surface area contributed by atoms with Crippen molar-refractivity contribution in [2.45, 2.75) is 26.3 Å². The summed E-state index contributed by atoms with van der Waals surface area (Å²) in [5, 5.41) is 1.95. The number of nitrogens with two attached hydrogens (primary N) is 1. The highest BCUT2D eigenvalue weighted by molar-refractivity contribution is 7.15. The smallest absolute Gasteiger partial charge is 0.242 e. The number of imidazole rings is 1. The van der Waals surface area contributed by atoms with Gasteiger partial charge in [-0.05, 0) is 25.5 Å². The second-order valence-electron chi connectivity index (χ2n) is 5.09. The van der Waals surface area contributed by atoms with Crippen molar-refractivity contribution in [3.63, 3.8) is 0 Å². The van der Waals surface area contributed by atoms with Gasteiger partial charge in [0.2, 0.25) is 5.88 Å². The van der Waals surface area contributed by atoms with Crippen molar-refractivity contribution in [1.82, 2.24) is 9.38 Å². The molecule has 3 rings (SSSR count). The summed E-state index contributed by atoms with van der Waals surface area (Å²) in [6.45, 7) is 3.62. The predicted octanol–water partition coefficient (Wildman–Crippen LogP) is 3.53. The van der Waals surface area contributed by atoms with Crippen molar-refractivity contribution in [3.8, 4) is 11.6 Å². The molecule has 0 aliphatic rings. The van der Waals surface area contributed by atoms with E-state index in [1.807, 2.05) is 22.9 Å². The Morgan fingerprint density at radius 1 is 1.48 bits per heavy atom. The molecule has 0 saturated carbocycles. The van der Waals surface area contributed by atoms with Crippen LogP contribution in [-0.2, 0) is 6.42 Å². The molecule has 2 N–H and O–H groups in total. The Bertz CT molecular complexity index is 778.